The van der Waals surface area contributed by atoms with Crippen LogP contribution in [0.2, 0.25) is 5.02 Å². The normalized spacial score (nSPS) is 10.3. The second-order valence-corrected chi connectivity index (χ2v) is 5.07. The molecule has 0 unspecified atom stereocenters. The zero-order chi connectivity index (χ0) is 14.8. The van der Waals surface area contributed by atoms with Crippen molar-refractivity contribution in [2.45, 2.75) is 6.92 Å². The number of para-hydroxylation sites is 1. The number of pyridine rings is 1. The molecule has 0 fully saturated rings. The number of nitrogens with zero attached hydrogens (tertiary/aromatic N) is 2. The van der Waals surface area contributed by atoms with Crippen molar-refractivity contribution in [2.75, 3.05) is 0 Å². The van der Waals surface area contributed by atoms with E-state index in [9.17, 15) is 5.26 Å². The third-order valence-electron chi connectivity index (χ3n) is 3.10. The molecule has 0 bridgehead atoms. The molecule has 0 N–H and O–H groups in total. The van der Waals surface area contributed by atoms with Crippen LogP contribution in [0.15, 0.2) is 48.5 Å². The Hall–Kier alpha value is -2.57. The number of ether oxygens (including phenoxy) is 1. The Bertz CT molecular complexity index is 868. The zero-order valence-electron chi connectivity index (χ0n) is 11.3. The van der Waals surface area contributed by atoms with Gasteiger partial charge in [0.1, 0.15) is 17.3 Å². The molecule has 0 amide bonds. The van der Waals surface area contributed by atoms with Crippen molar-refractivity contribution in [3.05, 3.63) is 64.8 Å². The fraction of sp³-hybridized carbons (Fsp3) is 0.0588. The Morgan fingerprint density at radius 1 is 1.10 bits per heavy atom. The van der Waals surface area contributed by atoms with Crippen LogP contribution in [0.5, 0.6) is 11.5 Å². The molecule has 0 spiro atoms. The molecule has 0 saturated heterocycles. The van der Waals surface area contributed by atoms with E-state index in [2.05, 4.69) is 11.1 Å². The highest BCUT2D eigenvalue weighted by Gasteiger charge is 2.09. The van der Waals surface area contributed by atoms with Gasteiger partial charge >= 0.3 is 0 Å². The van der Waals surface area contributed by atoms with Crippen LogP contribution >= 0.6 is 11.6 Å². The van der Waals surface area contributed by atoms with E-state index in [0.717, 1.165) is 16.6 Å². The fourth-order valence-corrected chi connectivity index (χ4v) is 2.27. The van der Waals surface area contributed by atoms with Gasteiger partial charge in [0.05, 0.1) is 5.56 Å². The lowest BCUT2D eigenvalue weighted by Gasteiger charge is -2.10. The lowest BCUT2D eigenvalue weighted by Crippen LogP contribution is -1.92. The largest absolute Gasteiger partial charge is 0.454 e. The summed E-state index contributed by atoms with van der Waals surface area (Å²) in [5.74, 6) is 1.09. The lowest BCUT2D eigenvalue weighted by molar-refractivity contribution is 0.485. The van der Waals surface area contributed by atoms with Gasteiger partial charge in [0.15, 0.2) is 5.75 Å². The average Bonchev–Trinajstić information content (AvgIpc) is 2.49. The third kappa shape index (κ3) is 2.67. The number of benzene rings is 2. The Labute approximate surface area is 127 Å². The van der Waals surface area contributed by atoms with Gasteiger partial charge in [-0.25, -0.2) is 4.98 Å². The van der Waals surface area contributed by atoms with Crippen LogP contribution in [0.1, 0.15) is 11.3 Å². The lowest BCUT2D eigenvalue weighted by atomic mass is 10.2. The van der Waals surface area contributed by atoms with Crippen molar-refractivity contribution < 1.29 is 4.74 Å². The van der Waals surface area contributed by atoms with E-state index < -0.39 is 0 Å². The first-order valence-electron chi connectivity index (χ1n) is 6.41. The summed E-state index contributed by atoms with van der Waals surface area (Å²) in [5, 5.41) is 10.7. The molecule has 0 radical (unpaired) electrons. The van der Waals surface area contributed by atoms with Crippen LogP contribution in [0, 0.1) is 18.3 Å². The first kappa shape index (κ1) is 13.4. The van der Waals surface area contributed by atoms with Crippen molar-refractivity contribution in [3.8, 4) is 17.6 Å². The van der Waals surface area contributed by atoms with Gasteiger partial charge in [0.25, 0.3) is 0 Å². The molecule has 21 heavy (non-hydrogen) atoms. The predicted octanol–water partition coefficient (Wildman–Crippen LogP) is 4.86. The van der Waals surface area contributed by atoms with Crippen LogP contribution < -0.4 is 4.74 Å². The van der Waals surface area contributed by atoms with Crippen LogP contribution in [0.4, 0.5) is 0 Å². The maximum Gasteiger partial charge on any atom is 0.153 e. The molecule has 1 heterocycles. The second kappa shape index (κ2) is 5.43. The Morgan fingerprint density at radius 3 is 2.76 bits per heavy atom. The Kier molecular flexibility index (Phi) is 3.47. The highest BCUT2D eigenvalue weighted by Crippen LogP contribution is 2.31. The summed E-state index contributed by atoms with van der Waals surface area (Å²) >= 11 is 5.90. The molecule has 1 aromatic heterocycles. The SMILES string of the molecule is Cc1ccc2cccc(Oc3ccc(Cl)cc3C#N)c2n1. The van der Waals surface area contributed by atoms with E-state index in [-0.39, 0.29) is 0 Å². The zero-order valence-corrected chi connectivity index (χ0v) is 12.1. The maximum absolute atomic E-state index is 9.17. The molecule has 4 heteroatoms. The van der Waals surface area contributed by atoms with Gasteiger partial charge in [-0.05, 0) is 37.3 Å². The first-order valence-corrected chi connectivity index (χ1v) is 6.79. The van der Waals surface area contributed by atoms with Crippen LogP contribution in [0.25, 0.3) is 10.9 Å². The highest BCUT2D eigenvalue weighted by molar-refractivity contribution is 6.30. The van der Waals surface area contributed by atoms with E-state index in [4.69, 9.17) is 16.3 Å². The van der Waals surface area contributed by atoms with Gasteiger partial charge in [-0.3, -0.25) is 0 Å². The average molecular weight is 295 g/mol. The number of hydrogen-bond donors (Lipinski definition) is 0. The van der Waals surface area contributed by atoms with Crippen LogP contribution in [-0.2, 0) is 0 Å². The molecule has 0 saturated carbocycles. The highest BCUT2D eigenvalue weighted by atomic mass is 35.5. The van der Waals surface area contributed by atoms with Gasteiger partial charge in [-0.15, -0.1) is 0 Å². The summed E-state index contributed by atoms with van der Waals surface area (Å²) in [6.45, 7) is 1.93. The van der Waals surface area contributed by atoms with E-state index in [1.54, 1.807) is 18.2 Å². The van der Waals surface area contributed by atoms with Crippen molar-refractivity contribution in [2.24, 2.45) is 0 Å². The molecule has 0 aliphatic heterocycles. The van der Waals surface area contributed by atoms with E-state index >= 15 is 0 Å². The quantitative estimate of drug-likeness (QED) is 0.678. The molecule has 2 aromatic carbocycles. The van der Waals surface area contributed by atoms with Crippen molar-refractivity contribution in [1.29, 1.82) is 5.26 Å². The van der Waals surface area contributed by atoms with Gasteiger partial charge in [-0.2, -0.15) is 5.26 Å². The van der Waals surface area contributed by atoms with Crippen LogP contribution in [-0.4, -0.2) is 4.98 Å². The van der Waals surface area contributed by atoms with Gasteiger partial charge < -0.3 is 4.74 Å². The molecular formula is C17H11ClN2O. The molecule has 3 rings (SSSR count). The third-order valence-corrected chi connectivity index (χ3v) is 3.34. The minimum absolute atomic E-state index is 0.396. The molecule has 3 aromatic rings. The fourth-order valence-electron chi connectivity index (χ4n) is 2.10. The molecule has 0 aliphatic rings. The van der Waals surface area contributed by atoms with E-state index in [0.29, 0.717) is 22.1 Å². The molecule has 3 nitrogen and oxygen atoms in total. The summed E-state index contributed by atoms with van der Waals surface area (Å²) in [7, 11) is 0. The maximum atomic E-state index is 9.17. The van der Waals surface area contributed by atoms with E-state index in [1.807, 2.05) is 37.3 Å². The molecule has 0 atom stereocenters. The number of halogens is 1. The summed E-state index contributed by atoms with van der Waals surface area (Å²) in [5.41, 5.74) is 2.08. The minimum atomic E-state index is 0.396. The Balaban J connectivity index is 2.11. The Morgan fingerprint density at radius 2 is 1.95 bits per heavy atom. The van der Waals surface area contributed by atoms with Crippen molar-refractivity contribution in [1.82, 2.24) is 4.98 Å². The second-order valence-electron chi connectivity index (χ2n) is 4.63. The summed E-state index contributed by atoms with van der Waals surface area (Å²) in [6, 6.07) is 16.7. The number of fused-ring (bicyclic) bond motifs is 1. The number of nitriles is 1. The minimum Gasteiger partial charge on any atom is -0.454 e. The van der Waals surface area contributed by atoms with Gasteiger partial charge in [-0.1, -0.05) is 29.8 Å². The monoisotopic (exact) mass is 294 g/mol. The number of rotatable bonds is 2. The summed E-state index contributed by atoms with van der Waals surface area (Å²) < 4.78 is 5.88. The van der Waals surface area contributed by atoms with E-state index in [1.165, 1.54) is 0 Å². The smallest absolute Gasteiger partial charge is 0.153 e. The standard InChI is InChI=1S/C17H11ClN2O/c1-11-5-6-12-3-2-4-16(17(12)20-11)21-15-8-7-14(18)9-13(15)10-19/h2-9H,1H3. The molecule has 102 valence electrons. The topological polar surface area (TPSA) is 45.9 Å². The first-order chi connectivity index (χ1) is 10.2. The van der Waals surface area contributed by atoms with Gasteiger partial charge in [0, 0.05) is 16.1 Å². The number of hydrogen-bond acceptors (Lipinski definition) is 3. The van der Waals surface area contributed by atoms with Crippen LogP contribution in [0.3, 0.4) is 0 Å². The number of aryl methyl sites for hydroxylation is 1. The van der Waals surface area contributed by atoms with Crippen molar-refractivity contribution >= 4 is 22.5 Å². The number of aromatic nitrogens is 1. The van der Waals surface area contributed by atoms with Gasteiger partial charge in [0.2, 0.25) is 0 Å². The summed E-state index contributed by atoms with van der Waals surface area (Å²) in [4.78, 5) is 4.51. The molecule has 0 aliphatic carbocycles. The molecular weight excluding hydrogens is 284 g/mol. The van der Waals surface area contributed by atoms with Crippen molar-refractivity contribution in [3.63, 3.8) is 0 Å². The predicted molar refractivity (Wildman–Crippen MR) is 82.7 cm³/mol. The summed E-state index contributed by atoms with van der Waals surface area (Å²) in [6.07, 6.45) is 0.